The summed E-state index contributed by atoms with van der Waals surface area (Å²) >= 11 is 0. The minimum absolute atomic E-state index is 0. The average molecular weight is 1990 g/mol. The number of ether oxygens (including phenoxy) is 16. The van der Waals surface area contributed by atoms with E-state index in [4.69, 9.17) is 98.1 Å². The van der Waals surface area contributed by atoms with E-state index in [-0.39, 0.29) is 98.6 Å². The summed E-state index contributed by atoms with van der Waals surface area (Å²) in [6.45, 7) is 13.2. The van der Waals surface area contributed by atoms with Crippen LogP contribution in [0.4, 0.5) is 0 Å². The maximum absolute atomic E-state index is 11.7. The second-order valence-electron chi connectivity index (χ2n) is 30.3. The Balaban J connectivity index is 0. The number of carbonyl (C=O) groups is 11. The predicted octanol–water partition coefficient (Wildman–Crippen LogP) is 3.05. The van der Waals surface area contributed by atoms with Crippen LogP contribution in [0.3, 0.4) is 0 Å². The standard InChI is InChI=1S/C17H26O5.C16H24O5.2C13H18O5.2C12H16O5.C8H8O8.C6H12O4.CH4/c1-14-8-5-6-9-16(14)21-13-15(12-18)22-17(19)10-4-3-7-11-20-2;1-13-7-4-5-8-15(13)20-11-14(18)12-21-16(19)9-3-2-6-10-17;1-9-5-3-4-6-12(9)17-7-11(15)8-18-13(16)10(2)14;1-9-5-3-4-6-11(9)17-8-12(10(2)15)18-13(16)7-14;1-9-4-2-3-5-11(9)16-7-10(14)8-17-12(15)6-13;1-9-4-2-3-5-11(9)16-8-10(6-13)17-12(15)7-14;9-1-4(11)15-2-3(10)7-5(12)6(13)8(14)16-7;1-4(8)5(2)10-6(9)3-7;/h5-6,8-9,15,18H,3-4,7,10-13H2,1-2H3;4-5,7-8,14,17-18H,2-3,6,9-12H2,1H3;3-6,10-11,14-15H,7-8H2,1-2H3;3-6,10,12,14-15H,7-8H2,1-2H3;2*2-5,10,13-14H,6-8H2,1H3;3,7,9-10H,1-2H2;4-5,7-8H,3H2,1-2H3;1H4. The quantitative estimate of drug-likeness (QED) is 0.0113. The van der Waals surface area contributed by atoms with Gasteiger partial charge in [-0.2, -0.15) is 0 Å². The van der Waals surface area contributed by atoms with Gasteiger partial charge in [0.2, 0.25) is 0 Å². The van der Waals surface area contributed by atoms with E-state index >= 15 is 0 Å². The molecule has 42 heteroatoms. The molecule has 12 atom stereocenters. The van der Waals surface area contributed by atoms with Gasteiger partial charge in [0.25, 0.3) is 5.78 Å². The number of benzene rings is 6. The van der Waals surface area contributed by atoms with E-state index < -0.39 is 166 Å². The summed E-state index contributed by atoms with van der Waals surface area (Å²) in [5, 5.41) is 134. The van der Waals surface area contributed by atoms with Crippen molar-refractivity contribution < 1.29 is 205 Å². The van der Waals surface area contributed by atoms with Gasteiger partial charge in [-0.05, 0) is 165 Å². The number of aryl methyl sites for hydroxylation is 6. The van der Waals surface area contributed by atoms with E-state index in [1.807, 2.05) is 163 Å². The average Bonchev–Trinajstić information content (AvgIpc) is 1.68. The minimum Gasteiger partial charge on any atom is -0.490 e. The molecule has 6 aromatic rings. The molecule has 0 aliphatic carbocycles. The van der Waals surface area contributed by atoms with Gasteiger partial charge < -0.3 is 152 Å². The number of aliphatic hydroxyl groups excluding tert-OH is 15. The van der Waals surface area contributed by atoms with Crippen molar-refractivity contribution >= 4 is 65.3 Å². The van der Waals surface area contributed by atoms with Crippen LogP contribution in [0.15, 0.2) is 146 Å². The number of methoxy groups -OCH3 is 1. The van der Waals surface area contributed by atoms with Gasteiger partial charge in [-0.3, -0.25) is 19.2 Å². The number of esters is 9. The summed E-state index contributed by atoms with van der Waals surface area (Å²) in [7, 11) is 1.66. The third-order valence-electron chi connectivity index (χ3n) is 18.1. The van der Waals surface area contributed by atoms with E-state index in [1.54, 1.807) is 38.3 Å². The molecule has 140 heavy (non-hydrogen) atoms. The van der Waals surface area contributed by atoms with E-state index in [1.165, 1.54) is 20.8 Å². The Hall–Kier alpha value is -11.9. The van der Waals surface area contributed by atoms with Gasteiger partial charge in [-0.1, -0.05) is 129 Å². The highest BCUT2D eigenvalue weighted by molar-refractivity contribution is 6.65. The highest BCUT2D eigenvalue weighted by atomic mass is 16.6. The van der Waals surface area contributed by atoms with Gasteiger partial charge in [-0.25, -0.2) is 33.6 Å². The Morgan fingerprint density at radius 2 is 0.657 bits per heavy atom. The van der Waals surface area contributed by atoms with Crippen LogP contribution in [-0.4, -0.2) is 348 Å². The summed E-state index contributed by atoms with van der Waals surface area (Å²) in [6, 6.07) is 44.8. The molecule has 1 saturated heterocycles. The van der Waals surface area contributed by atoms with Crippen molar-refractivity contribution in [2.75, 3.05) is 133 Å². The van der Waals surface area contributed by atoms with Gasteiger partial charge >= 0.3 is 59.5 Å². The lowest BCUT2D eigenvalue weighted by Gasteiger charge is -2.21. The van der Waals surface area contributed by atoms with Crippen LogP contribution in [0, 0.1) is 41.5 Å². The molecule has 0 saturated carbocycles. The van der Waals surface area contributed by atoms with E-state index in [0.29, 0.717) is 61.0 Å². The number of hydrogen-bond donors (Lipinski definition) is 15. The molecule has 1 aliphatic rings. The normalized spacial score (nSPS) is 13.8. The molecule has 0 spiro atoms. The first-order valence-electron chi connectivity index (χ1n) is 44.1. The van der Waals surface area contributed by atoms with Gasteiger partial charge in [0.05, 0.1) is 25.4 Å². The molecule has 42 nitrogen and oxygen atoms in total. The molecule has 15 N–H and O–H groups in total. The Bertz CT molecular complexity index is 4440. The molecule has 0 aromatic heterocycles. The summed E-state index contributed by atoms with van der Waals surface area (Å²) in [6.07, 6.45) is -6.00. The predicted molar refractivity (Wildman–Crippen MR) is 500 cm³/mol. The fourth-order valence-electron chi connectivity index (χ4n) is 10.1. The SMILES string of the molecule is C.CC(O)C(C)OC(=O)CO.COCCCCCC(=O)OC(CO)COc1ccccc1C.Cc1ccccc1OCC(CO)OC(=O)CO.Cc1ccccc1OCC(O)COC(=O)C(C)O.Cc1ccccc1OCC(O)COC(=O)CCCCCO.Cc1ccccc1OCC(O)COC(=O)CO.Cc1ccccc1OCC(OC(=O)CO)C(C)O.O=C(CO)OCC(O)C1OC(=O)C(=O)C1=O. The second-order valence-corrected chi connectivity index (χ2v) is 30.3. The lowest BCUT2D eigenvalue weighted by molar-refractivity contribution is -0.160. The number of unbranched alkanes of at least 4 members (excludes halogenated alkanes) is 4. The summed E-state index contributed by atoms with van der Waals surface area (Å²) < 4.78 is 79.8. The van der Waals surface area contributed by atoms with E-state index in [9.17, 15) is 83.4 Å². The monoisotopic (exact) mass is 1990 g/mol. The van der Waals surface area contributed by atoms with Crippen LogP contribution < -0.4 is 28.4 Å². The Kier molecular flexibility index (Phi) is 73.2. The summed E-state index contributed by atoms with van der Waals surface area (Å²) in [5.41, 5.74) is 5.83. The molecule has 1 aliphatic heterocycles. The van der Waals surface area contributed by atoms with Gasteiger partial charge in [0.15, 0.2) is 24.4 Å². The molecule has 1 heterocycles. The molecule has 0 amide bonds. The number of rotatable bonds is 52. The number of hydrogen-bond acceptors (Lipinski definition) is 42. The number of aliphatic hydroxyl groups is 15. The van der Waals surface area contributed by atoms with Crippen molar-refractivity contribution in [3.05, 3.63) is 179 Å². The third-order valence-corrected chi connectivity index (χ3v) is 18.1. The molecule has 1 fully saturated rings. The van der Waals surface area contributed by atoms with E-state index in [2.05, 4.69) is 23.7 Å². The summed E-state index contributed by atoms with van der Waals surface area (Å²) in [4.78, 5) is 120. The first-order chi connectivity index (χ1) is 66.2. The second kappa shape index (κ2) is 78.8. The van der Waals surface area contributed by atoms with Crippen LogP contribution in [-0.2, 0) is 100 Å². The van der Waals surface area contributed by atoms with Crippen LogP contribution in [0.1, 0.15) is 120 Å². The highest BCUT2D eigenvalue weighted by Crippen LogP contribution is 2.23. The zero-order valence-electron chi connectivity index (χ0n) is 80.1. The fourth-order valence-corrected chi connectivity index (χ4v) is 10.1. The third kappa shape index (κ3) is 61.5. The van der Waals surface area contributed by atoms with Crippen LogP contribution >= 0.6 is 0 Å². The smallest absolute Gasteiger partial charge is 0.383 e. The molecule has 7 rings (SSSR count). The number of para-hydroxylation sites is 6. The van der Waals surface area contributed by atoms with Crippen molar-refractivity contribution in [3.63, 3.8) is 0 Å². The number of cyclic esters (lactones) is 1. The molecule has 786 valence electrons. The van der Waals surface area contributed by atoms with Crippen molar-refractivity contribution in [2.45, 2.75) is 201 Å². The number of ketones is 2. The largest absolute Gasteiger partial charge is 0.490 e. The molecule has 0 bridgehead atoms. The maximum atomic E-state index is 11.7. The van der Waals surface area contributed by atoms with Gasteiger partial charge in [-0.15, -0.1) is 0 Å². The first kappa shape index (κ1) is 130. The molecule has 6 aromatic carbocycles. The molecule has 0 radical (unpaired) electrons. The van der Waals surface area contributed by atoms with E-state index in [0.717, 1.165) is 64.8 Å². The van der Waals surface area contributed by atoms with Crippen LogP contribution in [0.5, 0.6) is 34.5 Å². The Morgan fingerprint density at radius 1 is 0.343 bits per heavy atom. The number of carbonyl (C=O) groups excluding carboxylic acids is 11. The van der Waals surface area contributed by atoms with Crippen molar-refractivity contribution in [1.82, 2.24) is 0 Å². The number of Topliss-reactive ketones (excluding diaryl/α,β-unsaturated/α-hetero) is 2. The van der Waals surface area contributed by atoms with Crippen molar-refractivity contribution in [1.29, 1.82) is 0 Å². The zero-order valence-corrected chi connectivity index (χ0v) is 80.1. The molecular formula is C98H142O42. The molecule has 12 unspecified atom stereocenters. The minimum atomic E-state index is -1.65. The summed E-state index contributed by atoms with van der Waals surface area (Å²) in [5.74, 6) is -5.17. The molecular weight excluding hydrogens is 1850 g/mol. The Labute approximate surface area is 814 Å². The lowest BCUT2D eigenvalue weighted by atomic mass is 10.1. The van der Waals surface area contributed by atoms with Crippen molar-refractivity contribution in [3.8, 4) is 34.5 Å². The zero-order chi connectivity index (χ0) is 105. The van der Waals surface area contributed by atoms with Crippen molar-refractivity contribution in [2.24, 2.45) is 0 Å². The van der Waals surface area contributed by atoms with Gasteiger partial charge in [0.1, 0.15) is 170 Å². The first-order valence-corrected chi connectivity index (χ1v) is 44.1. The Morgan fingerprint density at radius 3 is 0.979 bits per heavy atom. The van der Waals surface area contributed by atoms with Gasteiger partial charge in [0, 0.05) is 33.2 Å². The van der Waals surface area contributed by atoms with Crippen LogP contribution in [0.2, 0.25) is 0 Å². The lowest BCUT2D eigenvalue weighted by Crippen LogP contribution is -2.37. The maximum Gasteiger partial charge on any atom is 0.383 e. The topological polar surface area (TPSA) is 639 Å². The fraction of sp³-hybridized carbons (Fsp3) is 0.520. The highest BCUT2D eigenvalue weighted by Gasteiger charge is 2.46. The van der Waals surface area contributed by atoms with Crippen LogP contribution in [0.25, 0.3) is 0 Å².